The van der Waals surface area contributed by atoms with Crippen LogP contribution in [0, 0.1) is 5.41 Å². The molecule has 2 N–H and O–H groups in total. The Morgan fingerprint density at radius 3 is 2.47 bits per heavy atom. The van der Waals surface area contributed by atoms with Gasteiger partial charge in [0.25, 0.3) is 0 Å². The summed E-state index contributed by atoms with van der Waals surface area (Å²) in [6.45, 7) is 0.355. The van der Waals surface area contributed by atoms with Crippen molar-refractivity contribution in [3.8, 4) is 10.4 Å². The minimum Gasteiger partial charge on any atom is -0.481 e. The molecule has 9 heteroatoms. The number of carboxylic acid groups (broad SMARTS) is 2. The molecule has 2 saturated carbocycles. The van der Waals surface area contributed by atoms with Crippen LogP contribution in [0.3, 0.4) is 0 Å². The molecular formula is C27H26BrNO6S. The molecule has 3 aromatic rings. The van der Waals surface area contributed by atoms with Gasteiger partial charge in [-0.05, 0) is 65.4 Å². The Labute approximate surface area is 220 Å². The molecule has 7 nitrogen and oxygen atoms in total. The van der Waals surface area contributed by atoms with Gasteiger partial charge in [0, 0.05) is 33.2 Å². The fourth-order valence-corrected chi connectivity index (χ4v) is 6.95. The summed E-state index contributed by atoms with van der Waals surface area (Å²) in [6, 6.07) is 12.8. The van der Waals surface area contributed by atoms with Gasteiger partial charge in [0.05, 0.1) is 15.9 Å². The lowest BCUT2D eigenvalue weighted by atomic mass is 9.85. The predicted molar refractivity (Wildman–Crippen MR) is 140 cm³/mol. The molecule has 1 heterocycles. The Kier molecular flexibility index (Phi) is 6.78. The fraction of sp³-hybridized carbons (Fsp3) is 0.370. The molecule has 1 aromatic heterocycles. The molecule has 36 heavy (non-hydrogen) atoms. The third kappa shape index (κ3) is 4.86. The molecule has 188 valence electrons. The smallest absolute Gasteiger partial charge is 0.410 e. The van der Waals surface area contributed by atoms with Crippen LogP contribution in [-0.4, -0.2) is 45.8 Å². The summed E-state index contributed by atoms with van der Waals surface area (Å²) in [5, 5.41) is 20.5. The van der Waals surface area contributed by atoms with E-state index < -0.39 is 23.4 Å². The van der Waals surface area contributed by atoms with E-state index in [1.807, 2.05) is 24.3 Å². The summed E-state index contributed by atoms with van der Waals surface area (Å²) >= 11 is 5.17. The average molecular weight is 572 g/mol. The van der Waals surface area contributed by atoms with Crippen LogP contribution in [0.15, 0.2) is 46.9 Å². The lowest BCUT2D eigenvalue weighted by molar-refractivity contribution is -0.149. The SMILES string of the molecule is O=C(O)c1ccccc1-c1sc2ccc(CN(CC3(C(=O)O)CCCC3)C(=O)OC3CC3)cc2c1Br. The van der Waals surface area contributed by atoms with Crippen molar-refractivity contribution in [1.82, 2.24) is 4.90 Å². The van der Waals surface area contributed by atoms with Crippen LogP contribution in [0.1, 0.15) is 54.4 Å². The average Bonchev–Trinajstić information content (AvgIpc) is 3.43. The first-order valence-corrected chi connectivity index (χ1v) is 13.6. The minimum absolute atomic E-state index is 0.0743. The highest BCUT2D eigenvalue weighted by Crippen LogP contribution is 2.44. The summed E-state index contributed by atoms with van der Waals surface area (Å²) in [6.07, 6.45) is 3.93. The minimum atomic E-state index is -0.986. The topological polar surface area (TPSA) is 104 Å². The third-order valence-corrected chi connectivity index (χ3v) is 9.32. The highest BCUT2D eigenvalue weighted by Gasteiger charge is 2.44. The lowest BCUT2D eigenvalue weighted by Gasteiger charge is -2.31. The van der Waals surface area contributed by atoms with E-state index in [-0.39, 0.29) is 24.8 Å². The number of carbonyl (C=O) groups is 3. The van der Waals surface area contributed by atoms with Gasteiger partial charge in [-0.2, -0.15) is 0 Å². The van der Waals surface area contributed by atoms with Crippen LogP contribution in [0.4, 0.5) is 4.79 Å². The number of hydrogen-bond acceptors (Lipinski definition) is 5. The van der Waals surface area contributed by atoms with Crippen LogP contribution in [0.5, 0.6) is 0 Å². The molecule has 0 atom stereocenters. The van der Waals surface area contributed by atoms with Gasteiger partial charge < -0.3 is 19.8 Å². The molecule has 0 aliphatic heterocycles. The van der Waals surface area contributed by atoms with Gasteiger partial charge in [0.1, 0.15) is 6.10 Å². The number of fused-ring (bicyclic) bond motifs is 1. The molecule has 2 aliphatic carbocycles. The van der Waals surface area contributed by atoms with Crippen molar-refractivity contribution in [2.45, 2.75) is 51.2 Å². The maximum atomic E-state index is 13.0. The Hall–Kier alpha value is -2.91. The third-order valence-electron chi connectivity index (χ3n) is 7.03. The summed E-state index contributed by atoms with van der Waals surface area (Å²) in [7, 11) is 0. The quantitative estimate of drug-likeness (QED) is 0.309. The number of aliphatic carboxylic acids is 1. The second kappa shape index (κ2) is 9.86. The molecular weight excluding hydrogens is 546 g/mol. The molecule has 5 rings (SSSR count). The van der Waals surface area contributed by atoms with Gasteiger partial charge in [-0.15, -0.1) is 11.3 Å². The number of halogens is 1. The molecule has 0 saturated heterocycles. The molecule has 2 aromatic carbocycles. The van der Waals surface area contributed by atoms with Crippen molar-refractivity contribution in [3.05, 3.63) is 58.1 Å². The maximum Gasteiger partial charge on any atom is 0.410 e. The van der Waals surface area contributed by atoms with Gasteiger partial charge in [-0.1, -0.05) is 37.1 Å². The Morgan fingerprint density at radius 1 is 1.08 bits per heavy atom. The van der Waals surface area contributed by atoms with E-state index in [0.29, 0.717) is 18.4 Å². The lowest BCUT2D eigenvalue weighted by Crippen LogP contribution is -2.44. The first kappa shape index (κ1) is 24.8. The van der Waals surface area contributed by atoms with E-state index in [1.54, 1.807) is 23.1 Å². The van der Waals surface area contributed by atoms with E-state index in [0.717, 1.165) is 50.7 Å². The second-order valence-electron chi connectivity index (χ2n) is 9.66. The molecule has 0 unspecified atom stereocenters. The number of amides is 1. The van der Waals surface area contributed by atoms with Gasteiger partial charge >= 0.3 is 18.0 Å². The predicted octanol–water partition coefficient (Wildman–Crippen LogP) is 6.78. The van der Waals surface area contributed by atoms with Crippen molar-refractivity contribution in [2.75, 3.05) is 6.54 Å². The van der Waals surface area contributed by atoms with Crippen LogP contribution in [0.25, 0.3) is 20.5 Å². The fourth-order valence-electron chi connectivity index (χ4n) is 4.92. The number of hydrogen-bond donors (Lipinski definition) is 2. The second-order valence-corrected chi connectivity index (χ2v) is 11.5. The van der Waals surface area contributed by atoms with E-state index in [9.17, 15) is 24.6 Å². The molecule has 2 fully saturated rings. The number of nitrogens with zero attached hydrogens (tertiary/aromatic N) is 1. The van der Waals surface area contributed by atoms with E-state index >= 15 is 0 Å². The van der Waals surface area contributed by atoms with Crippen LogP contribution < -0.4 is 0 Å². The maximum absolute atomic E-state index is 13.0. The summed E-state index contributed by atoms with van der Waals surface area (Å²) in [4.78, 5) is 39.3. The van der Waals surface area contributed by atoms with E-state index in [4.69, 9.17) is 4.74 Å². The molecule has 1 amide bonds. The Balaban J connectivity index is 1.47. The van der Waals surface area contributed by atoms with Gasteiger partial charge in [0.2, 0.25) is 0 Å². The zero-order chi connectivity index (χ0) is 25.4. The number of thiophene rings is 1. The van der Waals surface area contributed by atoms with Crippen LogP contribution >= 0.6 is 27.3 Å². The summed E-state index contributed by atoms with van der Waals surface area (Å²) in [5.74, 6) is -1.85. The van der Waals surface area contributed by atoms with Gasteiger partial charge in [-0.25, -0.2) is 9.59 Å². The van der Waals surface area contributed by atoms with Crippen molar-refractivity contribution in [2.24, 2.45) is 5.41 Å². The zero-order valence-corrected chi connectivity index (χ0v) is 21.9. The number of benzene rings is 2. The molecule has 0 radical (unpaired) electrons. The molecule has 0 bridgehead atoms. The van der Waals surface area contributed by atoms with Gasteiger partial charge in [-0.3, -0.25) is 4.79 Å². The Morgan fingerprint density at radius 2 is 1.81 bits per heavy atom. The monoisotopic (exact) mass is 571 g/mol. The standard InChI is InChI=1S/C27H26BrNO6S/c28-22-20-13-16(7-10-21(20)36-23(22)18-5-1-2-6-19(18)24(30)31)14-29(26(34)35-17-8-9-17)15-27(25(32)33)11-3-4-12-27/h1-2,5-7,10,13,17H,3-4,8-9,11-12,14-15H2,(H,30,31)(H,32,33). The highest BCUT2D eigenvalue weighted by molar-refractivity contribution is 9.10. The Bertz CT molecular complexity index is 1340. The first-order chi connectivity index (χ1) is 17.3. The number of ether oxygens (including phenoxy) is 1. The summed E-state index contributed by atoms with van der Waals surface area (Å²) in [5.41, 5.74) is 0.780. The molecule has 2 aliphatic rings. The normalized spacial score (nSPS) is 16.7. The van der Waals surface area contributed by atoms with Crippen LogP contribution in [0.2, 0.25) is 0 Å². The van der Waals surface area contributed by atoms with Gasteiger partial charge in [0.15, 0.2) is 0 Å². The van der Waals surface area contributed by atoms with Crippen molar-refractivity contribution in [1.29, 1.82) is 0 Å². The zero-order valence-electron chi connectivity index (χ0n) is 19.5. The van der Waals surface area contributed by atoms with E-state index in [2.05, 4.69) is 15.9 Å². The van der Waals surface area contributed by atoms with E-state index in [1.165, 1.54) is 11.3 Å². The largest absolute Gasteiger partial charge is 0.481 e. The number of carbonyl (C=O) groups excluding carboxylic acids is 1. The highest BCUT2D eigenvalue weighted by atomic mass is 79.9. The van der Waals surface area contributed by atoms with Crippen molar-refractivity contribution >= 4 is 55.4 Å². The number of carboxylic acids is 2. The molecule has 0 spiro atoms. The first-order valence-electron chi connectivity index (χ1n) is 12.0. The number of aromatic carboxylic acids is 1. The van der Waals surface area contributed by atoms with Crippen molar-refractivity contribution in [3.63, 3.8) is 0 Å². The summed E-state index contributed by atoms with van der Waals surface area (Å²) < 4.78 is 7.34. The van der Waals surface area contributed by atoms with Crippen LogP contribution in [-0.2, 0) is 16.1 Å². The van der Waals surface area contributed by atoms with Crippen molar-refractivity contribution < 1.29 is 29.3 Å². The number of rotatable bonds is 8.